The highest BCUT2D eigenvalue weighted by Gasteiger charge is 2.32. The Bertz CT molecular complexity index is 432. The van der Waals surface area contributed by atoms with Gasteiger partial charge in [0.15, 0.2) is 0 Å². The molecule has 0 spiro atoms. The molecule has 0 amide bonds. The van der Waals surface area contributed by atoms with Crippen molar-refractivity contribution in [3.63, 3.8) is 0 Å². The second-order valence-corrected chi connectivity index (χ2v) is 8.03. The maximum Gasteiger partial charge on any atom is 0.0197 e. The van der Waals surface area contributed by atoms with Gasteiger partial charge in [0.25, 0.3) is 0 Å². The van der Waals surface area contributed by atoms with E-state index >= 15 is 0 Å². The predicted molar refractivity (Wildman–Crippen MR) is 92.6 cm³/mol. The van der Waals surface area contributed by atoms with Gasteiger partial charge in [0.05, 0.1) is 0 Å². The molecule has 1 aliphatic carbocycles. The normalized spacial score (nSPS) is 26.5. The van der Waals surface area contributed by atoms with Gasteiger partial charge in [-0.25, -0.2) is 0 Å². The Balaban J connectivity index is 1.99. The fourth-order valence-electron chi connectivity index (χ4n) is 3.98. The van der Waals surface area contributed by atoms with Crippen LogP contribution in [0.1, 0.15) is 76.8 Å². The van der Waals surface area contributed by atoms with Crippen LogP contribution in [-0.2, 0) is 6.42 Å². The van der Waals surface area contributed by atoms with Crippen molar-refractivity contribution in [3.05, 3.63) is 35.4 Å². The van der Waals surface area contributed by atoms with E-state index in [1.807, 2.05) is 0 Å². The van der Waals surface area contributed by atoms with Gasteiger partial charge in [0.1, 0.15) is 0 Å². The van der Waals surface area contributed by atoms with Crippen LogP contribution in [0.3, 0.4) is 0 Å². The van der Waals surface area contributed by atoms with Gasteiger partial charge in [-0.2, -0.15) is 0 Å². The van der Waals surface area contributed by atoms with Crippen LogP contribution < -0.4 is 5.73 Å². The molecule has 2 N–H and O–H groups in total. The van der Waals surface area contributed by atoms with Crippen LogP contribution in [0.25, 0.3) is 0 Å². The molecule has 0 bridgehead atoms. The van der Waals surface area contributed by atoms with Crippen LogP contribution in [0.4, 0.5) is 0 Å². The van der Waals surface area contributed by atoms with Crippen molar-refractivity contribution in [2.24, 2.45) is 17.6 Å². The summed E-state index contributed by atoms with van der Waals surface area (Å²) in [5.74, 6) is 2.23. The minimum absolute atomic E-state index is 0.0250. The highest BCUT2D eigenvalue weighted by molar-refractivity contribution is 5.26. The first-order valence-corrected chi connectivity index (χ1v) is 8.76. The van der Waals surface area contributed by atoms with Gasteiger partial charge in [-0.05, 0) is 54.6 Å². The second kappa shape index (κ2) is 6.96. The lowest BCUT2D eigenvalue weighted by Crippen LogP contribution is -2.46. The van der Waals surface area contributed by atoms with Crippen LogP contribution >= 0.6 is 0 Å². The average Bonchev–Trinajstić information content (AvgIpc) is 2.38. The minimum Gasteiger partial charge on any atom is -0.325 e. The van der Waals surface area contributed by atoms with E-state index in [1.165, 1.54) is 43.2 Å². The molecule has 0 radical (unpaired) electrons. The number of rotatable bonds is 5. The first-order valence-electron chi connectivity index (χ1n) is 8.76. The molecule has 1 nitrogen and oxygen atoms in total. The zero-order valence-corrected chi connectivity index (χ0v) is 14.4. The van der Waals surface area contributed by atoms with E-state index in [1.54, 1.807) is 0 Å². The van der Waals surface area contributed by atoms with Crippen molar-refractivity contribution in [1.82, 2.24) is 0 Å². The van der Waals surface area contributed by atoms with Gasteiger partial charge in [0, 0.05) is 5.54 Å². The standard InChI is InChI=1S/C20H33N/c1-15(2)12-18-6-5-11-20(21,14-18)13-17-7-9-19(10-8-17)16(3)4/h7-10,15-16,18H,5-6,11-14,21H2,1-4H3. The fraction of sp³-hybridized carbons (Fsp3) is 0.700. The summed E-state index contributed by atoms with van der Waals surface area (Å²) in [6, 6.07) is 9.13. The van der Waals surface area contributed by atoms with Gasteiger partial charge < -0.3 is 5.73 Å². The maximum atomic E-state index is 6.76. The lowest BCUT2D eigenvalue weighted by molar-refractivity contribution is 0.200. The van der Waals surface area contributed by atoms with Crippen LogP contribution in [-0.4, -0.2) is 5.54 Å². The Morgan fingerprint density at radius 2 is 1.81 bits per heavy atom. The number of nitrogens with two attached hydrogens (primary N) is 1. The molecule has 0 saturated heterocycles. The van der Waals surface area contributed by atoms with E-state index in [-0.39, 0.29) is 5.54 Å². The summed E-state index contributed by atoms with van der Waals surface area (Å²) >= 11 is 0. The molecule has 1 aromatic rings. The molecule has 2 unspecified atom stereocenters. The number of hydrogen-bond donors (Lipinski definition) is 1. The van der Waals surface area contributed by atoms with Crippen molar-refractivity contribution >= 4 is 0 Å². The van der Waals surface area contributed by atoms with Crippen LogP contribution in [0, 0.1) is 11.8 Å². The van der Waals surface area contributed by atoms with Crippen molar-refractivity contribution in [3.8, 4) is 0 Å². The zero-order valence-electron chi connectivity index (χ0n) is 14.4. The number of hydrogen-bond acceptors (Lipinski definition) is 1. The molecule has 2 rings (SSSR count). The minimum atomic E-state index is 0.0250. The fourth-order valence-corrected chi connectivity index (χ4v) is 3.98. The molecule has 2 atom stereocenters. The molecule has 0 aromatic heterocycles. The molecule has 0 heterocycles. The first-order chi connectivity index (χ1) is 9.88. The van der Waals surface area contributed by atoms with Crippen molar-refractivity contribution in [2.75, 3.05) is 0 Å². The maximum absolute atomic E-state index is 6.76. The van der Waals surface area contributed by atoms with Gasteiger partial charge >= 0.3 is 0 Å². The molecule has 1 fully saturated rings. The second-order valence-electron chi connectivity index (χ2n) is 8.03. The summed E-state index contributed by atoms with van der Waals surface area (Å²) in [7, 11) is 0. The lowest BCUT2D eigenvalue weighted by atomic mass is 9.71. The predicted octanol–water partition coefficient (Wildman–Crippen LogP) is 5.29. The Labute approximate surface area is 131 Å². The third-order valence-electron chi connectivity index (χ3n) is 4.99. The summed E-state index contributed by atoms with van der Waals surface area (Å²) in [5.41, 5.74) is 9.61. The summed E-state index contributed by atoms with van der Waals surface area (Å²) in [5, 5.41) is 0. The lowest BCUT2D eigenvalue weighted by Gasteiger charge is -2.39. The zero-order chi connectivity index (χ0) is 15.5. The monoisotopic (exact) mass is 287 g/mol. The third kappa shape index (κ3) is 4.85. The Kier molecular flexibility index (Phi) is 5.48. The van der Waals surface area contributed by atoms with E-state index in [0.717, 1.165) is 18.3 Å². The SMILES string of the molecule is CC(C)CC1CCCC(N)(Cc2ccc(C(C)C)cc2)C1. The van der Waals surface area contributed by atoms with E-state index in [4.69, 9.17) is 5.73 Å². The summed E-state index contributed by atoms with van der Waals surface area (Å²) in [6.07, 6.45) is 7.46. The Hall–Kier alpha value is -0.820. The van der Waals surface area contributed by atoms with E-state index in [0.29, 0.717) is 5.92 Å². The molecular formula is C20H33N. The molecule has 0 aliphatic heterocycles. The molecule has 1 saturated carbocycles. The summed E-state index contributed by atoms with van der Waals surface area (Å²) < 4.78 is 0. The average molecular weight is 287 g/mol. The van der Waals surface area contributed by atoms with E-state index in [9.17, 15) is 0 Å². The first kappa shape index (κ1) is 16.5. The third-order valence-corrected chi connectivity index (χ3v) is 4.99. The largest absolute Gasteiger partial charge is 0.325 e. The summed E-state index contributed by atoms with van der Waals surface area (Å²) in [4.78, 5) is 0. The van der Waals surface area contributed by atoms with Crippen molar-refractivity contribution in [1.29, 1.82) is 0 Å². The quantitative estimate of drug-likeness (QED) is 0.782. The van der Waals surface area contributed by atoms with Gasteiger partial charge in [0.2, 0.25) is 0 Å². The highest BCUT2D eigenvalue weighted by Crippen LogP contribution is 2.36. The molecule has 1 aromatic carbocycles. The summed E-state index contributed by atoms with van der Waals surface area (Å²) in [6.45, 7) is 9.16. The van der Waals surface area contributed by atoms with Gasteiger partial charge in [-0.3, -0.25) is 0 Å². The van der Waals surface area contributed by atoms with Gasteiger partial charge in [-0.15, -0.1) is 0 Å². The van der Waals surface area contributed by atoms with Crippen LogP contribution in [0.2, 0.25) is 0 Å². The highest BCUT2D eigenvalue weighted by atomic mass is 14.7. The Morgan fingerprint density at radius 3 is 2.38 bits per heavy atom. The molecule has 1 heteroatoms. The number of benzene rings is 1. The van der Waals surface area contributed by atoms with Crippen LogP contribution in [0.15, 0.2) is 24.3 Å². The van der Waals surface area contributed by atoms with Crippen LogP contribution in [0.5, 0.6) is 0 Å². The van der Waals surface area contributed by atoms with Gasteiger partial charge in [-0.1, -0.05) is 64.8 Å². The molecule has 118 valence electrons. The Morgan fingerprint density at radius 1 is 1.14 bits per heavy atom. The van der Waals surface area contributed by atoms with E-state index in [2.05, 4.69) is 52.0 Å². The molecule has 21 heavy (non-hydrogen) atoms. The van der Waals surface area contributed by atoms with Crippen molar-refractivity contribution < 1.29 is 0 Å². The topological polar surface area (TPSA) is 26.0 Å². The van der Waals surface area contributed by atoms with Crippen molar-refractivity contribution in [2.45, 2.75) is 77.7 Å². The van der Waals surface area contributed by atoms with E-state index < -0.39 is 0 Å². The molecular weight excluding hydrogens is 254 g/mol. The molecule has 1 aliphatic rings. The smallest absolute Gasteiger partial charge is 0.0197 e.